The van der Waals surface area contributed by atoms with Crippen molar-refractivity contribution < 1.29 is 14.3 Å². The number of pyridine rings is 1. The van der Waals surface area contributed by atoms with Gasteiger partial charge in [-0.25, -0.2) is 4.98 Å². The van der Waals surface area contributed by atoms with Gasteiger partial charge in [-0.15, -0.1) is 0 Å². The number of benzene rings is 1. The van der Waals surface area contributed by atoms with Gasteiger partial charge >= 0.3 is 5.97 Å². The van der Waals surface area contributed by atoms with E-state index < -0.39 is 0 Å². The molecule has 0 fully saturated rings. The van der Waals surface area contributed by atoms with E-state index in [9.17, 15) is 4.79 Å². The van der Waals surface area contributed by atoms with Gasteiger partial charge in [-0.1, -0.05) is 24.3 Å². The Kier molecular flexibility index (Phi) is 3.91. The standard InChI is InChI=1S/C14H13NO3/c1-17-13(16)10-11-6-5-9-15-14(11)18-12-7-3-2-4-8-12/h2-9H,10H2,1H3. The summed E-state index contributed by atoms with van der Waals surface area (Å²) in [5, 5.41) is 0. The molecule has 0 aliphatic heterocycles. The Morgan fingerprint density at radius 2 is 1.94 bits per heavy atom. The first-order chi connectivity index (χ1) is 8.79. The van der Waals surface area contributed by atoms with Gasteiger partial charge < -0.3 is 9.47 Å². The number of esters is 1. The number of hydrogen-bond donors (Lipinski definition) is 0. The zero-order valence-electron chi connectivity index (χ0n) is 10.00. The topological polar surface area (TPSA) is 48.4 Å². The maximum Gasteiger partial charge on any atom is 0.310 e. The van der Waals surface area contributed by atoms with Gasteiger partial charge in [0.25, 0.3) is 0 Å². The summed E-state index contributed by atoms with van der Waals surface area (Å²) in [6, 6.07) is 12.9. The van der Waals surface area contributed by atoms with Crippen molar-refractivity contribution in [2.75, 3.05) is 7.11 Å². The molecule has 0 atom stereocenters. The fraction of sp³-hybridized carbons (Fsp3) is 0.143. The van der Waals surface area contributed by atoms with Gasteiger partial charge in [0.2, 0.25) is 5.88 Å². The second-order valence-corrected chi connectivity index (χ2v) is 3.64. The summed E-state index contributed by atoms with van der Waals surface area (Å²) >= 11 is 0. The van der Waals surface area contributed by atoms with E-state index in [4.69, 9.17) is 4.74 Å². The smallest absolute Gasteiger partial charge is 0.310 e. The predicted octanol–water partition coefficient (Wildman–Crippen LogP) is 2.59. The number of nitrogens with zero attached hydrogens (tertiary/aromatic N) is 1. The van der Waals surface area contributed by atoms with Gasteiger partial charge in [-0.3, -0.25) is 4.79 Å². The number of ether oxygens (including phenoxy) is 2. The van der Waals surface area contributed by atoms with Crippen LogP contribution in [0.3, 0.4) is 0 Å². The first-order valence-electron chi connectivity index (χ1n) is 5.53. The van der Waals surface area contributed by atoms with Crippen LogP contribution in [-0.4, -0.2) is 18.1 Å². The summed E-state index contributed by atoms with van der Waals surface area (Å²) in [7, 11) is 1.36. The van der Waals surface area contributed by atoms with Crippen molar-refractivity contribution in [3.63, 3.8) is 0 Å². The molecule has 0 spiro atoms. The number of carbonyl (C=O) groups excluding carboxylic acids is 1. The number of carbonyl (C=O) groups is 1. The molecule has 1 aromatic carbocycles. The molecule has 0 bridgehead atoms. The van der Waals surface area contributed by atoms with Crippen LogP contribution in [0.5, 0.6) is 11.6 Å². The average Bonchev–Trinajstić information content (AvgIpc) is 2.42. The maximum absolute atomic E-state index is 11.3. The second-order valence-electron chi connectivity index (χ2n) is 3.64. The first-order valence-corrected chi connectivity index (χ1v) is 5.53. The molecule has 0 aliphatic carbocycles. The second kappa shape index (κ2) is 5.82. The molecule has 0 saturated carbocycles. The highest BCUT2D eigenvalue weighted by Crippen LogP contribution is 2.22. The summed E-state index contributed by atoms with van der Waals surface area (Å²) in [5.41, 5.74) is 0.702. The molecule has 2 aromatic rings. The third-order valence-corrected chi connectivity index (χ3v) is 2.37. The van der Waals surface area contributed by atoms with E-state index in [1.807, 2.05) is 30.3 Å². The van der Waals surface area contributed by atoms with Gasteiger partial charge in [0.1, 0.15) is 5.75 Å². The summed E-state index contributed by atoms with van der Waals surface area (Å²) in [4.78, 5) is 15.4. The predicted molar refractivity (Wildman–Crippen MR) is 66.5 cm³/mol. The molecule has 0 radical (unpaired) electrons. The number of methoxy groups -OCH3 is 1. The Morgan fingerprint density at radius 3 is 2.67 bits per heavy atom. The molecule has 4 nitrogen and oxygen atoms in total. The molecule has 0 unspecified atom stereocenters. The molecule has 0 N–H and O–H groups in total. The molecule has 18 heavy (non-hydrogen) atoms. The molecule has 2 rings (SSSR count). The highest BCUT2D eigenvalue weighted by molar-refractivity contribution is 5.73. The normalized spacial score (nSPS) is 9.83. The largest absolute Gasteiger partial charge is 0.469 e. The van der Waals surface area contributed by atoms with Crippen molar-refractivity contribution in [3.8, 4) is 11.6 Å². The highest BCUT2D eigenvalue weighted by Gasteiger charge is 2.10. The first kappa shape index (κ1) is 12.1. The van der Waals surface area contributed by atoms with Crippen LogP contribution in [0, 0.1) is 0 Å². The third-order valence-electron chi connectivity index (χ3n) is 2.37. The maximum atomic E-state index is 11.3. The van der Waals surface area contributed by atoms with Crippen LogP contribution in [0.4, 0.5) is 0 Å². The molecule has 92 valence electrons. The highest BCUT2D eigenvalue weighted by atomic mass is 16.5. The Balaban J connectivity index is 2.20. The molecule has 4 heteroatoms. The Bertz CT molecular complexity index is 526. The lowest BCUT2D eigenvalue weighted by atomic mass is 10.2. The molecule has 1 aromatic heterocycles. The fourth-order valence-corrected chi connectivity index (χ4v) is 1.48. The zero-order valence-corrected chi connectivity index (χ0v) is 10.00. The molecule has 0 aliphatic rings. The Labute approximate surface area is 105 Å². The lowest BCUT2D eigenvalue weighted by Gasteiger charge is -2.08. The van der Waals surface area contributed by atoms with Gasteiger partial charge in [0.15, 0.2) is 0 Å². The van der Waals surface area contributed by atoms with E-state index in [1.165, 1.54) is 7.11 Å². The molecular formula is C14H13NO3. The van der Waals surface area contributed by atoms with Crippen LogP contribution in [0.15, 0.2) is 48.7 Å². The Morgan fingerprint density at radius 1 is 1.17 bits per heavy atom. The lowest BCUT2D eigenvalue weighted by molar-refractivity contribution is -0.139. The molecular weight excluding hydrogens is 230 g/mol. The van der Waals surface area contributed by atoms with Gasteiger partial charge in [-0.05, 0) is 18.2 Å². The number of rotatable bonds is 4. The van der Waals surface area contributed by atoms with Crippen molar-refractivity contribution in [1.82, 2.24) is 4.98 Å². The number of para-hydroxylation sites is 1. The van der Waals surface area contributed by atoms with E-state index in [-0.39, 0.29) is 12.4 Å². The molecule has 0 saturated heterocycles. The van der Waals surface area contributed by atoms with E-state index in [1.54, 1.807) is 18.3 Å². The van der Waals surface area contributed by atoms with Gasteiger partial charge in [-0.2, -0.15) is 0 Å². The lowest BCUT2D eigenvalue weighted by Crippen LogP contribution is -2.06. The van der Waals surface area contributed by atoms with Crippen LogP contribution in [0.2, 0.25) is 0 Å². The van der Waals surface area contributed by atoms with Crippen LogP contribution in [0.1, 0.15) is 5.56 Å². The minimum absolute atomic E-state index is 0.145. The van der Waals surface area contributed by atoms with Crippen LogP contribution < -0.4 is 4.74 Å². The van der Waals surface area contributed by atoms with Crippen molar-refractivity contribution in [2.45, 2.75) is 6.42 Å². The van der Waals surface area contributed by atoms with Crippen molar-refractivity contribution in [3.05, 3.63) is 54.2 Å². The third kappa shape index (κ3) is 3.07. The minimum Gasteiger partial charge on any atom is -0.469 e. The summed E-state index contributed by atoms with van der Waals surface area (Å²) < 4.78 is 10.3. The van der Waals surface area contributed by atoms with Crippen LogP contribution in [-0.2, 0) is 16.0 Å². The quantitative estimate of drug-likeness (QED) is 0.774. The Hall–Kier alpha value is -2.36. The van der Waals surface area contributed by atoms with E-state index in [0.717, 1.165) is 0 Å². The van der Waals surface area contributed by atoms with E-state index in [0.29, 0.717) is 17.2 Å². The van der Waals surface area contributed by atoms with Crippen LogP contribution >= 0.6 is 0 Å². The number of hydrogen-bond acceptors (Lipinski definition) is 4. The van der Waals surface area contributed by atoms with Crippen molar-refractivity contribution >= 4 is 5.97 Å². The van der Waals surface area contributed by atoms with Crippen molar-refractivity contribution in [2.24, 2.45) is 0 Å². The van der Waals surface area contributed by atoms with E-state index in [2.05, 4.69) is 9.72 Å². The zero-order chi connectivity index (χ0) is 12.8. The summed E-state index contributed by atoms with van der Waals surface area (Å²) in [5.74, 6) is 0.789. The SMILES string of the molecule is COC(=O)Cc1cccnc1Oc1ccccc1. The molecule has 1 heterocycles. The van der Waals surface area contributed by atoms with Gasteiger partial charge in [0, 0.05) is 11.8 Å². The summed E-state index contributed by atoms with van der Waals surface area (Å²) in [6.07, 6.45) is 1.77. The summed E-state index contributed by atoms with van der Waals surface area (Å²) in [6.45, 7) is 0. The van der Waals surface area contributed by atoms with Crippen LogP contribution in [0.25, 0.3) is 0 Å². The average molecular weight is 243 g/mol. The molecule has 0 amide bonds. The van der Waals surface area contributed by atoms with E-state index >= 15 is 0 Å². The van der Waals surface area contributed by atoms with Gasteiger partial charge in [0.05, 0.1) is 13.5 Å². The monoisotopic (exact) mass is 243 g/mol. The minimum atomic E-state index is -0.319. The van der Waals surface area contributed by atoms with Crippen molar-refractivity contribution in [1.29, 1.82) is 0 Å². The fourth-order valence-electron chi connectivity index (χ4n) is 1.48. The number of aromatic nitrogens is 1.